The summed E-state index contributed by atoms with van der Waals surface area (Å²) < 4.78 is 5.03. The van der Waals surface area contributed by atoms with Crippen molar-refractivity contribution in [2.24, 2.45) is 0 Å². The van der Waals surface area contributed by atoms with Crippen LogP contribution >= 0.6 is 11.6 Å². The van der Waals surface area contributed by atoms with E-state index in [0.29, 0.717) is 5.02 Å². The molecular weight excluding hydrogens is 266 g/mol. The first-order chi connectivity index (χ1) is 8.76. The second-order valence-electron chi connectivity index (χ2n) is 5.20. The van der Waals surface area contributed by atoms with Crippen molar-refractivity contribution in [2.75, 3.05) is 6.54 Å². The summed E-state index contributed by atoms with van der Waals surface area (Å²) in [6, 6.07) is 7.03. The van der Waals surface area contributed by atoms with Gasteiger partial charge in [-0.05, 0) is 38.5 Å². The molecule has 0 radical (unpaired) electrons. The Kier molecular flexibility index (Phi) is 5.36. The van der Waals surface area contributed by atoms with E-state index in [2.05, 4.69) is 5.32 Å². The lowest BCUT2D eigenvalue weighted by atomic mass is 10.1. The summed E-state index contributed by atoms with van der Waals surface area (Å²) in [5.41, 5.74) is 0.295. The van der Waals surface area contributed by atoms with E-state index in [1.807, 2.05) is 0 Å². The SMILES string of the molecule is CC(C)(C)OC(=O)NCC(=O)Cc1ccc(Cl)cc1. The minimum absolute atomic E-state index is 0.0441. The highest BCUT2D eigenvalue weighted by Crippen LogP contribution is 2.10. The molecule has 104 valence electrons. The molecule has 5 heteroatoms. The Morgan fingerprint density at radius 3 is 2.32 bits per heavy atom. The largest absolute Gasteiger partial charge is 0.444 e. The Morgan fingerprint density at radius 1 is 1.21 bits per heavy atom. The van der Waals surface area contributed by atoms with Crippen LogP contribution in [0.2, 0.25) is 5.02 Å². The van der Waals surface area contributed by atoms with Gasteiger partial charge in [0.1, 0.15) is 5.60 Å². The average molecular weight is 284 g/mol. The van der Waals surface area contributed by atoms with Crippen LogP contribution in [-0.4, -0.2) is 24.0 Å². The zero-order chi connectivity index (χ0) is 14.5. The molecule has 0 aliphatic carbocycles. The third-order valence-electron chi connectivity index (χ3n) is 2.14. The summed E-state index contributed by atoms with van der Waals surface area (Å²) in [5.74, 6) is -0.0896. The molecule has 0 unspecified atom stereocenters. The Bertz CT molecular complexity index is 449. The number of Topliss-reactive ketones (excluding diaryl/α,β-unsaturated/α-hetero) is 1. The van der Waals surface area contributed by atoms with Crippen molar-refractivity contribution < 1.29 is 14.3 Å². The van der Waals surface area contributed by atoms with Crippen molar-refractivity contribution in [1.82, 2.24) is 5.32 Å². The maximum Gasteiger partial charge on any atom is 0.408 e. The summed E-state index contributed by atoms with van der Waals surface area (Å²) in [6.45, 7) is 5.25. The van der Waals surface area contributed by atoms with Crippen molar-refractivity contribution in [3.05, 3.63) is 34.9 Å². The quantitative estimate of drug-likeness (QED) is 0.924. The Hall–Kier alpha value is -1.55. The molecule has 0 heterocycles. The molecule has 0 aromatic heterocycles. The first-order valence-electron chi connectivity index (χ1n) is 5.99. The molecule has 1 aromatic carbocycles. The molecule has 1 aromatic rings. The molecular formula is C14H18ClNO3. The molecule has 1 N–H and O–H groups in total. The first kappa shape index (κ1) is 15.5. The number of alkyl carbamates (subject to hydrolysis) is 1. The fourth-order valence-electron chi connectivity index (χ4n) is 1.38. The second-order valence-corrected chi connectivity index (χ2v) is 5.63. The van der Waals surface area contributed by atoms with Gasteiger partial charge in [-0.3, -0.25) is 4.79 Å². The third-order valence-corrected chi connectivity index (χ3v) is 2.40. The predicted molar refractivity (Wildman–Crippen MR) is 74.4 cm³/mol. The molecule has 0 saturated heterocycles. The molecule has 1 rings (SSSR count). The van der Waals surface area contributed by atoms with Crippen LogP contribution in [0.1, 0.15) is 26.3 Å². The van der Waals surface area contributed by atoms with Gasteiger partial charge in [-0.15, -0.1) is 0 Å². The van der Waals surface area contributed by atoms with Crippen molar-refractivity contribution >= 4 is 23.5 Å². The highest BCUT2D eigenvalue weighted by atomic mass is 35.5. The van der Waals surface area contributed by atoms with Crippen molar-refractivity contribution in [3.63, 3.8) is 0 Å². The summed E-state index contributed by atoms with van der Waals surface area (Å²) in [6.07, 6.45) is -0.329. The van der Waals surface area contributed by atoms with E-state index in [0.717, 1.165) is 5.56 Å². The smallest absolute Gasteiger partial charge is 0.408 e. The molecule has 1 amide bonds. The van der Waals surface area contributed by atoms with Gasteiger partial charge in [-0.2, -0.15) is 0 Å². The molecule has 0 aliphatic rings. The van der Waals surface area contributed by atoms with Crippen molar-refractivity contribution in [2.45, 2.75) is 32.8 Å². The maximum absolute atomic E-state index is 11.7. The van der Waals surface area contributed by atoms with E-state index in [1.165, 1.54) is 0 Å². The van der Waals surface area contributed by atoms with Crippen LogP contribution in [0.4, 0.5) is 4.79 Å². The molecule has 0 bridgehead atoms. The van der Waals surface area contributed by atoms with Crippen LogP contribution in [0.5, 0.6) is 0 Å². The summed E-state index contributed by atoms with van der Waals surface area (Å²) in [7, 11) is 0. The van der Waals surface area contributed by atoms with Crippen LogP contribution in [-0.2, 0) is 16.0 Å². The zero-order valence-electron chi connectivity index (χ0n) is 11.3. The fourth-order valence-corrected chi connectivity index (χ4v) is 1.50. The number of nitrogens with one attached hydrogen (secondary N) is 1. The van der Waals surface area contributed by atoms with Gasteiger partial charge in [-0.1, -0.05) is 23.7 Å². The van der Waals surface area contributed by atoms with Gasteiger partial charge < -0.3 is 10.1 Å². The van der Waals surface area contributed by atoms with E-state index in [-0.39, 0.29) is 18.7 Å². The number of hydrogen-bond donors (Lipinski definition) is 1. The van der Waals surface area contributed by atoms with E-state index in [1.54, 1.807) is 45.0 Å². The minimum atomic E-state index is -0.586. The van der Waals surface area contributed by atoms with Crippen molar-refractivity contribution in [3.8, 4) is 0 Å². The van der Waals surface area contributed by atoms with Gasteiger partial charge in [0.15, 0.2) is 5.78 Å². The fraction of sp³-hybridized carbons (Fsp3) is 0.429. The summed E-state index contributed by atoms with van der Waals surface area (Å²) in [4.78, 5) is 23.0. The van der Waals surface area contributed by atoms with Gasteiger partial charge in [-0.25, -0.2) is 4.79 Å². The molecule has 19 heavy (non-hydrogen) atoms. The van der Waals surface area contributed by atoms with Crippen LogP contribution in [0.15, 0.2) is 24.3 Å². The molecule has 0 atom stereocenters. The third kappa shape index (κ3) is 6.82. The summed E-state index contributed by atoms with van der Waals surface area (Å²) in [5, 5.41) is 3.06. The Morgan fingerprint density at radius 2 is 1.79 bits per heavy atom. The van der Waals surface area contributed by atoms with E-state index < -0.39 is 11.7 Å². The van der Waals surface area contributed by atoms with Crippen LogP contribution < -0.4 is 5.32 Å². The van der Waals surface area contributed by atoms with E-state index >= 15 is 0 Å². The number of carbonyl (C=O) groups excluding carboxylic acids is 2. The number of hydrogen-bond acceptors (Lipinski definition) is 3. The van der Waals surface area contributed by atoms with Gasteiger partial charge >= 0.3 is 6.09 Å². The Labute approximate surface area is 118 Å². The number of halogens is 1. The van der Waals surface area contributed by atoms with Gasteiger partial charge in [0, 0.05) is 11.4 Å². The zero-order valence-corrected chi connectivity index (χ0v) is 12.1. The second kappa shape index (κ2) is 6.57. The first-order valence-corrected chi connectivity index (χ1v) is 6.37. The predicted octanol–water partition coefficient (Wildman–Crippen LogP) is 2.98. The van der Waals surface area contributed by atoms with E-state index in [4.69, 9.17) is 16.3 Å². The molecule has 0 spiro atoms. The number of carbonyl (C=O) groups is 2. The van der Waals surface area contributed by atoms with Gasteiger partial charge in [0.25, 0.3) is 0 Å². The number of ketones is 1. The lowest BCUT2D eigenvalue weighted by Gasteiger charge is -2.19. The van der Waals surface area contributed by atoms with Crippen LogP contribution in [0.3, 0.4) is 0 Å². The minimum Gasteiger partial charge on any atom is -0.444 e. The van der Waals surface area contributed by atoms with E-state index in [9.17, 15) is 9.59 Å². The van der Waals surface area contributed by atoms with Crippen LogP contribution in [0.25, 0.3) is 0 Å². The summed E-state index contributed by atoms with van der Waals surface area (Å²) >= 11 is 5.75. The number of benzene rings is 1. The molecule has 0 fully saturated rings. The van der Waals surface area contributed by atoms with Crippen LogP contribution in [0, 0.1) is 0 Å². The number of amides is 1. The average Bonchev–Trinajstić information content (AvgIpc) is 2.27. The molecule has 0 aliphatic heterocycles. The van der Waals surface area contributed by atoms with Gasteiger partial charge in [0.2, 0.25) is 0 Å². The maximum atomic E-state index is 11.7. The molecule has 0 saturated carbocycles. The topological polar surface area (TPSA) is 55.4 Å². The normalized spacial score (nSPS) is 10.9. The lowest BCUT2D eigenvalue weighted by molar-refractivity contribution is -0.117. The highest BCUT2D eigenvalue weighted by molar-refractivity contribution is 6.30. The van der Waals surface area contributed by atoms with Gasteiger partial charge in [0.05, 0.1) is 6.54 Å². The Balaban J connectivity index is 2.36. The number of rotatable bonds is 4. The molecule has 4 nitrogen and oxygen atoms in total. The number of ether oxygens (including phenoxy) is 1. The highest BCUT2D eigenvalue weighted by Gasteiger charge is 2.16. The monoisotopic (exact) mass is 283 g/mol. The standard InChI is InChI=1S/C14H18ClNO3/c1-14(2,3)19-13(18)16-9-12(17)8-10-4-6-11(15)7-5-10/h4-7H,8-9H2,1-3H3,(H,16,18). The lowest BCUT2D eigenvalue weighted by Crippen LogP contribution is -2.35. The van der Waals surface area contributed by atoms with Crippen molar-refractivity contribution in [1.29, 1.82) is 0 Å².